The molecule has 0 aromatic heterocycles. The van der Waals surface area contributed by atoms with Crippen LogP contribution in [0.5, 0.6) is 0 Å². The zero-order chi connectivity index (χ0) is 22.7. The Morgan fingerprint density at radius 3 is 2.27 bits per heavy atom. The van der Waals surface area contributed by atoms with Gasteiger partial charge in [-0.05, 0) is 49.5 Å². The van der Waals surface area contributed by atoms with Crippen molar-refractivity contribution in [2.75, 3.05) is 5.32 Å². The Bertz CT molecular complexity index is 951. The Kier molecular flexibility index (Phi) is 8.09. The van der Waals surface area contributed by atoms with Crippen molar-refractivity contribution in [3.05, 3.63) is 64.2 Å². The summed E-state index contributed by atoms with van der Waals surface area (Å²) < 4.78 is 36.2. The fourth-order valence-corrected chi connectivity index (χ4v) is 3.07. The van der Waals surface area contributed by atoms with Gasteiger partial charge in [0.25, 0.3) is 5.91 Å². The Morgan fingerprint density at radius 1 is 1.07 bits per heavy atom. The van der Waals surface area contributed by atoms with Gasteiger partial charge in [-0.1, -0.05) is 64.1 Å². The van der Waals surface area contributed by atoms with Crippen molar-refractivity contribution in [1.29, 1.82) is 0 Å². The van der Waals surface area contributed by atoms with E-state index in [9.17, 15) is 18.0 Å². The van der Waals surface area contributed by atoms with Gasteiger partial charge in [0.1, 0.15) is 6.17 Å². The number of hydrogen-bond donors (Lipinski definition) is 3. The van der Waals surface area contributed by atoms with Crippen LogP contribution in [0.25, 0.3) is 0 Å². The Morgan fingerprint density at radius 2 is 1.73 bits per heavy atom. The lowest BCUT2D eigenvalue weighted by atomic mass is 10.1. The van der Waals surface area contributed by atoms with Gasteiger partial charge in [0.2, 0.25) is 3.79 Å². The van der Waals surface area contributed by atoms with E-state index < -0.39 is 27.6 Å². The molecule has 0 radical (unpaired) electrons. The van der Waals surface area contributed by atoms with Crippen LogP contribution in [0.1, 0.15) is 21.5 Å². The molecule has 1 atom stereocenters. The van der Waals surface area contributed by atoms with Gasteiger partial charge >= 0.3 is 6.18 Å². The predicted molar refractivity (Wildman–Crippen MR) is 119 cm³/mol. The molecule has 2 rings (SSSR count). The van der Waals surface area contributed by atoms with Crippen molar-refractivity contribution < 1.29 is 18.0 Å². The van der Waals surface area contributed by atoms with Gasteiger partial charge in [0.05, 0.1) is 16.3 Å². The molecule has 0 unspecified atom stereocenters. The maximum Gasteiger partial charge on any atom is 0.416 e. The maximum atomic E-state index is 12.8. The molecule has 0 bridgehead atoms. The third kappa shape index (κ3) is 7.06. The second-order valence-corrected chi connectivity index (χ2v) is 9.29. The van der Waals surface area contributed by atoms with Gasteiger partial charge in [0.15, 0.2) is 5.11 Å². The van der Waals surface area contributed by atoms with E-state index in [4.69, 9.17) is 58.6 Å². The molecule has 0 heterocycles. The zero-order valence-electron chi connectivity index (χ0n) is 15.1. The van der Waals surface area contributed by atoms with Gasteiger partial charge in [0, 0.05) is 5.56 Å². The first-order chi connectivity index (χ1) is 13.8. The molecule has 30 heavy (non-hydrogen) atoms. The van der Waals surface area contributed by atoms with Crippen molar-refractivity contribution in [1.82, 2.24) is 10.6 Å². The molecule has 0 saturated carbocycles. The van der Waals surface area contributed by atoms with Crippen molar-refractivity contribution in [3.63, 3.8) is 0 Å². The molecule has 1 amide bonds. The maximum absolute atomic E-state index is 12.8. The Labute approximate surface area is 196 Å². The number of halogens is 7. The molecular formula is C18H14Cl4F3N3OS. The minimum atomic E-state index is -4.54. The Balaban J connectivity index is 2.12. The van der Waals surface area contributed by atoms with Crippen molar-refractivity contribution in [2.45, 2.75) is 23.1 Å². The van der Waals surface area contributed by atoms with E-state index in [0.717, 1.165) is 23.8 Å². The summed E-state index contributed by atoms with van der Waals surface area (Å²) >= 11 is 28.8. The summed E-state index contributed by atoms with van der Waals surface area (Å²) in [5.74, 6) is -0.530. The number of alkyl halides is 6. The summed E-state index contributed by atoms with van der Waals surface area (Å²) in [6.45, 7) is 1.81. The van der Waals surface area contributed by atoms with Crippen LogP contribution in [0.15, 0.2) is 42.5 Å². The molecular weight excluding hydrogens is 505 g/mol. The molecule has 3 N–H and O–H groups in total. The minimum absolute atomic E-state index is 0.0928. The summed E-state index contributed by atoms with van der Waals surface area (Å²) in [5, 5.41) is 7.36. The summed E-state index contributed by atoms with van der Waals surface area (Å²) in [6, 6.07) is 9.42. The number of nitrogens with one attached hydrogen (secondary N) is 3. The number of thiocarbonyl (C=S) groups is 1. The number of benzene rings is 2. The lowest BCUT2D eigenvalue weighted by Gasteiger charge is -2.28. The molecule has 12 heteroatoms. The van der Waals surface area contributed by atoms with E-state index in [1.165, 1.54) is 0 Å². The molecule has 4 nitrogen and oxygen atoms in total. The molecule has 0 spiro atoms. The number of amides is 1. The van der Waals surface area contributed by atoms with Crippen molar-refractivity contribution in [2.24, 2.45) is 0 Å². The predicted octanol–water partition coefficient (Wildman–Crippen LogP) is 6.08. The fraction of sp³-hybridized carbons (Fsp3) is 0.222. The van der Waals surface area contributed by atoms with E-state index in [1.807, 2.05) is 13.0 Å². The molecule has 2 aromatic rings. The highest BCUT2D eigenvalue weighted by Gasteiger charge is 2.35. The molecule has 0 fully saturated rings. The number of rotatable bonds is 4. The van der Waals surface area contributed by atoms with E-state index in [2.05, 4.69) is 16.0 Å². The molecule has 2 aromatic carbocycles. The van der Waals surface area contributed by atoms with Crippen LogP contribution in [0.3, 0.4) is 0 Å². The van der Waals surface area contributed by atoms with Crippen LogP contribution in [-0.2, 0) is 6.18 Å². The van der Waals surface area contributed by atoms with Crippen molar-refractivity contribution in [3.8, 4) is 0 Å². The van der Waals surface area contributed by atoms with E-state index in [1.54, 1.807) is 18.2 Å². The van der Waals surface area contributed by atoms with Gasteiger partial charge in [-0.25, -0.2) is 0 Å². The molecule has 0 aliphatic rings. The molecule has 0 saturated heterocycles. The normalized spacial score (nSPS) is 12.8. The third-order valence-electron chi connectivity index (χ3n) is 3.70. The zero-order valence-corrected chi connectivity index (χ0v) is 18.9. The first-order valence-corrected chi connectivity index (χ1v) is 10.1. The van der Waals surface area contributed by atoms with Gasteiger partial charge in [-0.15, -0.1) is 0 Å². The smallest absolute Gasteiger partial charge is 0.339 e. The molecule has 0 aliphatic carbocycles. The Hall–Kier alpha value is -1.45. The largest absolute Gasteiger partial charge is 0.416 e. The average Bonchev–Trinajstić information content (AvgIpc) is 2.61. The molecule has 0 aliphatic heterocycles. The number of carbonyl (C=O) groups is 1. The monoisotopic (exact) mass is 517 g/mol. The van der Waals surface area contributed by atoms with E-state index in [0.29, 0.717) is 5.56 Å². The number of anilines is 1. The van der Waals surface area contributed by atoms with Gasteiger partial charge < -0.3 is 16.0 Å². The van der Waals surface area contributed by atoms with Crippen LogP contribution in [0.2, 0.25) is 5.02 Å². The minimum Gasteiger partial charge on any atom is -0.339 e. The summed E-state index contributed by atoms with van der Waals surface area (Å²) in [7, 11) is 0. The summed E-state index contributed by atoms with van der Waals surface area (Å²) in [4.78, 5) is 12.5. The van der Waals surface area contributed by atoms with Crippen LogP contribution in [0, 0.1) is 6.92 Å². The summed E-state index contributed by atoms with van der Waals surface area (Å²) in [5.41, 5.74) is 0.368. The molecule has 162 valence electrons. The number of carbonyl (C=O) groups excluding carboxylic acids is 1. The quantitative estimate of drug-likeness (QED) is 0.261. The fourth-order valence-electron chi connectivity index (χ4n) is 2.28. The van der Waals surface area contributed by atoms with Gasteiger partial charge in [-0.3, -0.25) is 4.79 Å². The highest BCUT2D eigenvalue weighted by Crippen LogP contribution is 2.34. The number of hydrogen-bond acceptors (Lipinski definition) is 2. The second-order valence-electron chi connectivity index (χ2n) is 6.11. The van der Waals surface area contributed by atoms with Crippen LogP contribution >= 0.6 is 58.6 Å². The average molecular weight is 519 g/mol. The lowest BCUT2D eigenvalue weighted by molar-refractivity contribution is -0.137. The third-order valence-corrected chi connectivity index (χ3v) is 4.89. The van der Waals surface area contributed by atoms with Crippen LogP contribution < -0.4 is 16.0 Å². The van der Waals surface area contributed by atoms with Crippen LogP contribution in [0.4, 0.5) is 18.9 Å². The second kappa shape index (κ2) is 9.78. The SMILES string of the molecule is Cc1cccc(C(=O)N[C@H](NC(=S)Nc2ccc(C(F)(F)F)cc2Cl)C(Cl)(Cl)Cl)c1. The first kappa shape index (κ1) is 24.8. The van der Waals surface area contributed by atoms with Crippen LogP contribution in [-0.4, -0.2) is 21.0 Å². The standard InChI is InChI=1S/C18H14Cl4F3N3OS/c1-9-3-2-4-10(7-9)14(29)27-15(17(20,21)22)28-16(30)26-13-6-5-11(8-12(13)19)18(23,24)25/h2-8,15H,1H3,(H,27,29)(H2,26,28,30)/t15-/m1/s1. The topological polar surface area (TPSA) is 53.2 Å². The highest BCUT2D eigenvalue weighted by atomic mass is 35.6. The lowest BCUT2D eigenvalue weighted by Crippen LogP contribution is -2.56. The number of aryl methyl sites for hydroxylation is 1. The summed E-state index contributed by atoms with van der Waals surface area (Å²) in [6.07, 6.45) is -5.80. The van der Waals surface area contributed by atoms with E-state index in [-0.39, 0.29) is 15.8 Å². The first-order valence-electron chi connectivity index (χ1n) is 8.16. The highest BCUT2D eigenvalue weighted by molar-refractivity contribution is 7.80. The van der Waals surface area contributed by atoms with Crippen molar-refractivity contribution >= 4 is 75.3 Å². The van der Waals surface area contributed by atoms with E-state index >= 15 is 0 Å². The van der Waals surface area contributed by atoms with Gasteiger partial charge in [-0.2, -0.15) is 13.2 Å².